The van der Waals surface area contributed by atoms with Crippen LogP contribution in [0.2, 0.25) is 0 Å². The first kappa shape index (κ1) is 21.2. The van der Waals surface area contributed by atoms with Crippen LogP contribution in [0.15, 0.2) is 36.4 Å². The lowest BCUT2D eigenvalue weighted by atomic mass is 10.1. The fourth-order valence-corrected chi connectivity index (χ4v) is 3.84. The predicted molar refractivity (Wildman–Crippen MR) is 116 cm³/mol. The fourth-order valence-electron chi connectivity index (χ4n) is 3.84. The topological polar surface area (TPSA) is 69.6 Å². The summed E-state index contributed by atoms with van der Waals surface area (Å²) in [6, 6.07) is 9.94. The van der Waals surface area contributed by atoms with Crippen molar-refractivity contribution in [3.05, 3.63) is 42.2 Å². The Hall–Kier alpha value is -3.03. The van der Waals surface area contributed by atoms with E-state index in [0.29, 0.717) is 38.4 Å². The molecule has 0 spiro atoms. The molecule has 1 aliphatic heterocycles. The van der Waals surface area contributed by atoms with E-state index in [-0.39, 0.29) is 30.1 Å². The van der Waals surface area contributed by atoms with Gasteiger partial charge in [-0.2, -0.15) is 0 Å². The summed E-state index contributed by atoms with van der Waals surface area (Å²) in [6.45, 7) is 5.36. The van der Waals surface area contributed by atoms with E-state index in [0.717, 1.165) is 30.6 Å². The quantitative estimate of drug-likeness (QED) is 0.682. The summed E-state index contributed by atoms with van der Waals surface area (Å²) >= 11 is 0. The molecule has 2 fully saturated rings. The molecule has 1 aromatic heterocycles. The number of hydrogen-bond donors (Lipinski definition) is 0. The molecule has 8 heteroatoms. The predicted octanol–water partition coefficient (Wildman–Crippen LogP) is 2.58. The van der Waals surface area contributed by atoms with Gasteiger partial charge in [-0.25, -0.2) is 4.39 Å². The molecular formula is C23H28FN5O2. The van der Waals surface area contributed by atoms with Gasteiger partial charge in [-0.3, -0.25) is 9.59 Å². The molecule has 31 heavy (non-hydrogen) atoms. The molecular weight excluding hydrogens is 397 g/mol. The van der Waals surface area contributed by atoms with Gasteiger partial charge in [0.05, 0.1) is 12.2 Å². The number of piperazine rings is 1. The third-order valence-corrected chi connectivity index (χ3v) is 5.80. The molecule has 2 amide bonds. The number of halogens is 1. The maximum absolute atomic E-state index is 13.1. The zero-order chi connectivity index (χ0) is 21.8. The van der Waals surface area contributed by atoms with Gasteiger partial charge in [0.2, 0.25) is 11.8 Å². The summed E-state index contributed by atoms with van der Waals surface area (Å²) in [5.74, 6) is 0.753. The number of rotatable bonds is 7. The Morgan fingerprint density at radius 3 is 2.32 bits per heavy atom. The fraction of sp³-hybridized carbons (Fsp3) is 0.478. The van der Waals surface area contributed by atoms with Gasteiger partial charge in [-0.1, -0.05) is 6.92 Å². The van der Waals surface area contributed by atoms with Gasteiger partial charge in [0.1, 0.15) is 5.82 Å². The van der Waals surface area contributed by atoms with Crippen LogP contribution >= 0.6 is 0 Å². The second-order valence-electron chi connectivity index (χ2n) is 8.19. The summed E-state index contributed by atoms with van der Waals surface area (Å²) < 4.78 is 13.1. The Labute approximate surface area is 181 Å². The first-order valence-electron chi connectivity index (χ1n) is 11.0. The largest absolute Gasteiger partial charge is 0.352 e. The number of benzene rings is 1. The first-order valence-corrected chi connectivity index (χ1v) is 11.0. The average molecular weight is 426 g/mol. The van der Waals surface area contributed by atoms with Crippen LogP contribution in [-0.4, -0.2) is 71.1 Å². The van der Waals surface area contributed by atoms with Gasteiger partial charge in [0, 0.05) is 44.2 Å². The summed E-state index contributed by atoms with van der Waals surface area (Å²) in [7, 11) is 0. The molecule has 2 aliphatic rings. The van der Waals surface area contributed by atoms with E-state index in [2.05, 4.69) is 15.1 Å². The lowest BCUT2D eigenvalue weighted by Gasteiger charge is -2.36. The Kier molecular flexibility index (Phi) is 6.44. The van der Waals surface area contributed by atoms with Crippen LogP contribution in [0.3, 0.4) is 0 Å². The molecule has 0 bridgehead atoms. The standard InChI is InChI=1S/C23H28FN5O2/c1-2-11-29(23(31)18-3-4-18)16-22(30)28-14-12-27(13-15-28)21-10-9-20(25-26-21)17-5-7-19(24)8-6-17/h5-10,18H,2-4,11-16H2,1H3. The van der Waals surface area contributed by atoms with Gasteiger partial charge in [0.15, 0.2) is 5.82 Å². The Bertz CT molecular complexity index is 907. The van der Waals surface area contributed by atoms with E-state index in [9.17, 15) is 14.0 Å². The number of carbonyl (C=O) groups excluding carboxylic acids is 2. The van der Waals surface area contributed by atoms with Crippen LogP contribution < -0.4 is 4.90 Å². The SMILES string of the molecule is CCCN(CC(=O)N1CCN(c2ccc(-c3ccc(F)cc3)nn2)CC1)C(=O)C1CC1. The molecule has 2 heterocycles. The minimum Gasteiger partial charge on any atom is -0.352 e. The number of aromatic nitrogens is 2. The van der Waals surface area contributed by atoms with Crippen molar-refractivity contribution in [2.45, 2.75) is 26.2 Å². The molecule has 0 N–H and O–H groups in total. The molecule has 0 radical (unpaired) electrons. The number of anilines is 1. The van der Waals surface area contributed by atoms with Crippen LogP contribution in [-0.2, 0) is 9.59 Å². The van der Waals surface area contributed by atoms with Crippen molar-refractivity contribution in [1.82, 2.24) is 20.0 Å². The van der Waals surface area contributed by atoms with Gasteiger partial charge in [0.25, 0.3) is 0 Å². The van der Waals surface area contributed by atoms with Gasteiger partial charge in [-0.05, 0) is 55.7 Å². The van der Waals surface area contributed by atoms with Crippen LogP contribution in [0.4, 0.5) is 10.2 Å². The number of nitrogens with zero attached hydrogens (tertiary/aromatic N) is 5. The molecule has 164 valence electrons. The zero-order valence-corrected chi connectivity index (χ0v) is 17.8. The highest BCUT2D eigenvalue weighted by Crippen LogP contribution is 2.31. The lowest BCUT2D eigenvalue weighted by molar-refractivity contribution is -0.141. The van der Waals surface area contributed by atoms with Gasteiger partial charge in [-0.15, -0.1) is 10.2 Å². The highest BCUT2D eigenvalue weighted by Gasteiger charge is 2.34. The summed E-state index contributed by atoms with van der Waals surface area (Å²) in [5, 5.41) is 8.59. The van der Waals surface area contributed by atoms with Crippen molar-refractivity contribution in [3.63, 3.8) is 0 Å². The monoisotopic (exact) mass is 425 g/mol. The van der Waals surface area contributed by atoms with Crippen molar-refractivity contribution < 1.29 is 14.0 Å². The molecule has 0 atom stereocenters. The van der Waals surface area contributed by atoms with Crippen molar-refractivity contribution in [1.29, 1.82) is 0 Å². The maximum Gasteiger partial charge on any atom is 0.242 e. The molecule has 7 nitrogen and oxygen atoms in total. The minimum atomic E-state index is -0.282. The third-order valence-electron chi connectivity index (χ3n) is 5.80. The van der Waals surface area contributed by atoms with E-state index in [1.165, 1.54) is 12.1 Å². The van der Waals surface area contributed by atoms with Crippen molar-refractivity contribution in [2.75, 3.05) is 44.2 Å². The molecule has 4 rings (SSSR count). The van der Waals surface area contributed by atoms with Crippen LogP contribution in [0.5, 0.6) is 0 Å². The van der Waals surface area contributed by atoms with E-state index >= 15 is 0 Å². The van der Waals surface area contributed by atoms with Crippen molar-refractivity contribution in [2.24, 2.45) is 5.92 Å². The molecule has 1 saturated heterocycles. The Morgan fingerprint density at radius 1 is 1.03 bits per heavy atom. The minimum absolute atomic E-state index is 0.0137. The second-order valence-corrected chi connectivity index (χ2v) is 8.19. The number of hydrogen-bond acceptors (Lipinski definition) is 5. The van der Waals surface area contributed by atoms with Crippen molar-refractivity contribution >= 4 is 17.6 Å². The summed E-state index contributed by atoms with van der Waals surface area (Å²) in [4.78, 5) is 30.8. The molecule has 1 aromatic carbocycles. The third kappa shape index (κ3) is 5.18. The molecule has 1 saturated carbocycles. The smallest absolute Gasteiger partial charge is 0.242 e. The van der Waals surface area contributed by atoms with Crippen LogP contribution in [0.1, 0.15) is 26.2 Å². The highest BCUT2D eigenvalue weighted by atomic mass is 19.1. The number of amides is 2. The van der Waals surface area contributed by atoms with E-state index in [1.54, 1.807) is 17.0 Å². The molecule has 2 aromatic rings. The average Bonchev–Trinajstić information content (AvgIpc) is 3.65. The van der Waals surface area contributed by atoms with Crippen LogP contribution in [0.25, 0.3) is 11.3 Å². The molecule has 1 aliphatic carbocycles. The number of carbonyl (C=O) groups is 2. The van der Waals surface area contributed by atoms with Crippen molar-refractivity contribution in [3.8, 4) is 11.3 Å². The Balaban J connectivity index is 1.31. The Morgan fingerprint density at radius 2 is 1.74 bits per heavy atom. The summed E-state index contributed by atoms with van der Waals surface area (Å²) in [6.07, 6.45) is 2.76. The highest BCUT2D eigenvalue weighted by molar-refractivity contribution is 5.87. The maximum atomic E-state index is 13.1. The van der Waals surface area contributed by atoms with E-state index < -0.39 is 0 Å². The second kappa shape index (κ2) is 9.41. The van der Waals surface area contributed by atoms with E-state index in [1.807, 2.05) is 24.0 Å². The zero-order valence-electron chi connectivity index (χ0n) is 17.8. The van der Waals surface area contributed by atoms with Crippen LogP contribution in [0, 0.1) is 11.7 Å². The normalized spacial score (nSPS) is 16.3. The van der Waals surface area contributed by atoms with Gasteiger partial charge >= 0.3 is 0 Å². The van der Waals surface area contributed by atoms with Gasteiger partial charge < -0.3 is 14.7 Å². The first-order chi connectivity index (χ1) is 15.0. The lowest BCUT2D eigenvalue weighted by Crippen LogP contribution is -2.52. The van der Waals surface area contributed by atoms with E-state index in [4.69, 9.17) is 0 Å². The summed E-state index contributed by atoms with van der Waals surface area (Å²) in [5.41, 5.74) is 1.50. The molecule has 0 unspecified atom stereocenters.